The molecule has 0 aromatic heterocycles. The largest absolute Gasteiger partial charge is 0.410 e. The molecule has 0 aliphatic rings. The van der Waals surface area contributed by atoms with Gasteiger partial charge in [0.05, 0.1) is 0 Å². The minimum Gasteiger partial charge on any atom is -0.289 e. The van der Waals surface area contributed by atoms with Gasteiger partial charge in [-0.1, -0.05) is 42.5 Å². The van der Waals surface area contributed by atoms with E-state index in [0.29, 0.717) is 0 Å². The number of carbonyl (C=O) groups excluding carboxylic acids is 1. The van der Waals surface area contributed by atoms with Crippen molar-refractivity contribution < 1.29 is 22.4 Å². The number of alkyl halides is 3. The highest BCUT2D eigenvalue weighted by Crippen LogP contribution is 2.27. The SMILES string of the molecule is O=C(C(=CC(F)(F)F)c1ccc(F)cc1)c1ccccc1. The Morgan fingerprint density at radius 2 is 1.43 bits per heavy atom. The monoisotopic (exact) mass is 294 g/mol. The Kier molecular flexibility index (Phi) is 4.21. The van der Waals surface area contributed by atoms with Crippen molar-refractivity contribution in [2.75, 3.05) is 0 Å². The average molecular weight is 294 g/mol. The molecule has 0 amide bonds. The maximum Gasteiger partial charge on any atom is 0.410 e. The van der Waals surface area contributed by atoms with Crippen molar-refractivity contribution in [1.82, 2.24) is 0 Å². The number of benzene rings is 2. The summed E-state index contributed by atoms with van der Waals surface area (Å²) in [7, 11) is 0. The van der Waals surface area contributed by atoms with Crippen LogP contribution in [0, 0.1) is 5.82 Å². The molecule has 108 valence electrons. The Labute approximate surface area is 118 Å². The van der Waals surface area contributed by atoms with Gasteiger partial charge in [-0.3, -0.25) is 4.79 Å². The highest BCUT2D eigenvalue weighted by atomic mass is 19.4. The van der Waals surface area contributed by atoms with Gasteiger partial charge in [0.1, 0.15) is 5.82 Å². The van der Waals surface area contributed by atoms with Crippen molar-refractivity contribution in [3.05, 3.63) is 77.6 Å². The molecular formula is C16H10F4O. The smallest absolute Gasteiger partial charge is 0.289 e. The lowest BCUT2D eigenvalue weighted by Crippen LogP contribution is -2.09. The molecule has 0 bridgehead atoms. The molecule has 0 spiro atoms. The minimum absolute atomic E-state index is 0.0163. The number of rotatable bonds is 3. The molecule has 0 atom stereocenters. The molecule has 0 aliphatic carbocycles. The van der Waals surface area contributed by atoms with Gasteiger partial charge in [0.25, 0.3) is 0 Å². The van der Waals surface area contributed by atoms with Gasteiger partial charge in [-0.2, -0.15) is 13.2 Å². The summed E-state index contributed by atoms with van der Waals surface area (Å²) in [6, 6.07) is 11.9. The molecule has 21 heavy (non-hydrogen) atoms. The van der Waals surface area contributed by atoms with Crippen molar-refractivity contribution in [3.8, 4) is 0 Å². The predicted octanol–water partition coefficient (Wildman–Crippen LogP) is 4.65. The van der Waals surface area contributed by atoms with E-state index in [9.17, 15) is 22.4 Å². The number of carbonyl (C=O) groups is 1. The Morgan fingerprint density at radius 3 is 1.95 bits per heavy atom. The van der Waals surface area contributed by atoms with Crippen LogP contribution in [-0.4, -0.2) is 12.0 Å². The molecule has 0 heterocycles. The summed E-state index contributed by atoms with van der Waals surface area (Å²) in [4.78, 5) is 12.2. The first-order chi connectivity index (χ1) is 9.87. The normalized spacial score (nSPS) is 12.3. The summed E-state index contributed by atoms with van der Waals surface area (Å²) in [6.07, 6.45) is -4.70. The average Bonchev–Trinajstić information content (AvgIpc) is 2.45. The van der Waals surface area contributed by atoms with Gasteiger partial charge in [-0.25, -0.2) is 4.39 Å². The third kappa shape index (κ3) is 4.02. The van der Waals surface area contributed by atoms with Gasteiger partial charge in [-0.15, -0.1) is 0 Å². The fourth-order valence-corrected chi connectivity index (χ4v) is 1.82. The number of Topliss-reactive ketones (excluding diaryl/α,β-unsaturated/α-hetero) is 1. The first-order valence-electron chi connectivity index (χ1n) is 6.02. The lowest BCUT2D eigenvalue weighted by Gasteiger charge is -2.09. The van der Waals surface area contributed by atoms with Gasteiger partial charge < -0.3 is 0 Å². The topological polar surface area (TPSA) is 17.1 Å². The van der Waals surface area contributed by atoms with E-state index in [2.05, 4.69) is 0 Å². The standard InChI is InChI=1S/C16H10F4O/c17-13-8-6-11(7-9-13)14(10-16(18,19)20)15(21)12-4-2-1-3-5-12/h1-10H. The number of hydrogen-bond donors (Lipinski definition) is 0. The van der Waals surface area contributed by atoms with Gasteiger partial charge in [0.15, 0.2) is 5.78 Å². The summed E-state index contributed by atoms with van der Waals surface area (Å²) in [6.45, 7) is 0. The van der Waals surface area contributed by atoms with Crippen LogP contribution in [0.1, 0.15) is 15.9 Å². The fourth-order valence-electron chi connectivity index (χ4n) is 1.82. The summed E-state index contributed by atoms with van der Waals surface area (Å²) >= 11 is 0. The molecule has 0 aliphatic heterocycles. The van der Waals surface area contributed by atoms with Crippen LogP contribution in [0.2, 0.25) is 0 Å². The number of ketones is 1. The second-order valence-corrected chi connectivity index (χ2v) is 4.30. The van der Waals surface area contributed by atoms with Crippen LogP contribution in [0.15, 0.2) is 60.7 Å². The van der Waals surface area contributed by atoms with Crippen LogP contribution < -0.4 is 0 Å². The van der Waals surface area contributed by atoms with E-state index in [-0.39, 0.29) is 17.2 Å². The molecule has 2 rings (SSSR count). The van der Waals surface area contributed by atoms with E-state index in [0.717, 1.165) is 24.3 Å². The molecular weight excluding hydrogens is 284 g/mol. The molecule has 0 saturated heterocycles. The van der Waals surface area contributed by atoms with Crippen molar-refractivity contribution in [1.29, 1.82) is 0 Å². The lowest BCUT2D eigenvalue weighted by atomic mass is 9.96. The molecule has 2 aromatic carbocycles. The van der Waals surface area contributed by atoms with Gasteiger partial charge in [-0.05, 0) is 17.7 Å². The Bertz CT molecular complexity index is 655. The zero-order valence-electron chi connectivity index (χ0n) is 10.7. The first-order valence-corrected chi connectivity index (χ1v) is 6.02. The van der Waals surface area contributed by atoms with Crippen molar-refractivity contribution in [2.24, 2.45) is 0 Å². The zero-order chi connectivity index (χ0) is 15.5. The maximum atomic E-state index is 12.9. The summed E-state index contributed by atoms with van der Waals surface area (Å²) in [5, 5.41) is 0. The van der Waals surface area contributed by atoms with E-state index >= 15 is 0 Å². The van der Waals surface area contributed by atoms with E-state index in [1.165, 1.54) is 12.1 Å². The third-order valence-electron chi connectivity index (χ3n) is 2.74. The van der Waals surface area contributed by atoms with Crippen molar-refractivity contribution in [3.63, 3.8) is 0 Å². The minimum atomic E-state index is -4.64. The van der Waals surface area contributed by atoms with E-state index in [1.807, 2.05) is 0 Å². The maximum absolute atomic E-state index is 12.9. The molecule has 5 heteroatoms. The number of allylic oxidation sites excluding steroid dienone is 2. The van der Waals surface area contributed by atoms with E-state index in [1.54, 1.807) is 18.2 Å². The predicted molar refractivity (Wildman–Crippen MR) is 71.2 cm³/mol. The molecule has 0 fully saturated rings. The second-order valence-electron chi connectivity index (χ2n) is 4.30. The van der Waals surface area contributed by atoms with Crippen LogP contribution >= 0.6 is 0 Å². The lowest BCUT2D eigenvalue weighted by molar-refractivity contribution is -0.0793. The molecule has 0 radical (unpaired) electrons. The fraction of sp³-hybridized carbons (Fsp3) is 0.0625. The Morgan fingerprint density at radius 1 is 0.857 bits per heavy atom. The first kappa shape index (κ1) is 15.0. The third-order valence-corrected chi connectivity index (χ3v) is 2.74. The molecule has 1 nitrogen and oxygen atoms in total. The van der Waals surface area contributed by atoms with Crippen LogP contribution in [0.4, 0.5) is 17.6 Å². The second kappa shape index (κ2) is 5.91. The van der Waals surface area contributed by atoms with Gasteiger partial charge in [0, 0.05) is 17.2 Å². The van der Waals surface area contributed by atoms with Crippen LogP contribution in [0.5, 0.6) is 0 Å². The summed E-state index contributed by atoms with van der Waals surface area (Å²) in [5.74, 6) is -1.35. The molecule has 0 N–H and O–H groups in total. The Hall–Kier alpha value is -2.43. The summed E-state index contributed by atoms with van der Waals surface area (Å²) in [5.41, 5.74) is -0.367. The quantitative estimate of drug-likeness (QED) is 0.457. The van der Waals surface area contributed by atoms with Crippen LogP contribution in [0.3, 0.4) is 0 Å². The molecule has 0 saturated carbocycles. The number of halogens is 4. The highest BCUT2D eigenvalue weighted by Gasteiger charge is 2.28. The molecule has 2 aromatic rings. The molecule has 0 unspecified atom stereocenters. The van der Waals surface area contributed by atoms with Crippen LogP contribution in [-0.2, 0) is 0 Å². The number of hydrogen-bond acceptors (Lipinski definition) is 1. The van der Waals surface area contributed by atoms with E-state index in [4.69, 9.17) is 0 Å². The van der Waals surface area contributed by atoms with Gasteiger partial charge in [0.2, 0.25) is 0 Å². The zero-order valence-corrected chi connectivity index (χ0v) is 10.7. The summed E-state index contributed by atoms with van der Waals surface area (Å²) < 4.78 is 50.8. The Balaban J connectivity index is 2.50. The van der Waals surface area contributed by atoms with Crippen LogP contribution in [0.25, 0.3) is 5.57 Å². The van der Waals surface area contributed by atoms with Crippen molar-refractivity contribution >= 4 is 11.4 Å². The van der Waals surface area contributed by atoms with Crippen molar-refractivity contribution in [2.45, 2.75) is 6.18 Å². The van der Waals surface area contributed by atoms with E-state index < -0.39 is 23.3 Å². The van der Waals surface area contributed by atoms with Gasteiger partial charge >= 0.3 is 6.18 Å². The highest BCUT2D eigenvalue weighted by molar-refractivity contribution is 6.29.